The van der Waals surface area contributed by atoms with Crippen molar-refractivity contribution in [3.63, 3.8) is 0 Å². The van der Waals surface area contributed by atoms with E-state index in [-0.39, 0.29) is 5.57 Å². The van der Waals surface area contributed by atoms with Crippen molar-refractivity contribution >= 4 is 23.6 Å². The van der Waals surface area contributed by atoms with E-state index in [0.29, 0.717) is 10.6 Å². The molecule has 70 valence electrons. The number of rotatable bonds is 2. The first-order chi connectivity index (χ1) is 6.63. The predicted molar refractivity (Wildman–Crippen MR) is 52.7 cm³/mol. The normalized spacial score (nSPS) is 10.7. The fourth-order valence-corrected chi connectivity index (χ4v) is 1.10. The van der Waals surface area contributed by atoms with Gasteiger partial charge in [-0.25, -0.2) is 4.79 Å². The molecule has 0 aliphatic rings. The average molecular weight is 208 g/mol. The van der Waals surface area contributed by atoms with Gasteiger partial charge in [-0.3, -0.25) is 0 Å². The summed E-state index contributed by atoms with van der Waals surface area (Å²) >= 11 is 5.69. The molecule has 14 heavy (non-hydrogen) atoms. The van der Waals surface area contributed by atoms with Gasteiger partial charge in [0.25, 0.3) is 0 Å². The van der Waals surface area contributed by atoms with E-state index >= 15 is 0 Å². The van der Waals surface area contributed by atoms with Crippen LogP contribution < -0.4 is 0 Å². The number of carboxylic acid groups (broad SMARTS) is 1. The van der Waals surface area contributed by atoms with E-state index in [1.165, 1.54) is 6.08 Å². The summed E-state index contributed by atoms with van der Waals surface area (Å²) in [5.74, 6) is -1.24. The molecule has 0 fully saturated rings. The van der Waals surface area contributed by atoms with E-state index in [4.69, 9.17) is 22.0 Å². The van der Waals surface area contributed by atoms with Gasteiger partial charge in [0.1, 0.15) is 11.6 Å². The van der Waals surface area contributed by atoms with Crippen molar-refractivity contribution in [3.05, 3.63) is 40.4 Å². The number of carboxylic acids is 1. The fraction of sp³-hybridized carbons (Fsp3) is 0. The molecule has 0 saturated carbocycles. The number of benzene rings is 1. The Bertz CT molecular complexity index is 432. The maximum atomic E-state index is 10.5. The third-order valence-electron chi connectivity index (χ3n) is 1.51. The van der Waals surface area contributed by atoms with Crippen LogP contribution in [0.4, 0.5) is 0 Å². The number of nitriles is 1. The molecule has 0 heterocycles. The first-order valence-electron chi connectivity index (χ1n) is 3.74. The maximum absolute atomic E-state index is 10.5. The molecule has 1 aromatic carbocycles. The Morgan fingerprint density at radius 3 is 2.79 bits per heavy atom. The third-order valence-corrected chi connectivity index (χ3v) is 1.75. The van der Waals surface area contributed by atoms with E-state index in [1.54, 1.807) is 30.3 Å². The van der Waals surface area contributed by atoms with Gasteiger partial charge < -0.3 is 5.11 Å². The number of nitrogens with zero attached hydrogens (tertiary/aromatic N) is 1. The molecular formula is C10H6ClNO2. The van der Waals surface area contributed by atoms with Gasteiger partial charge in [-0.2, -0.15) is 5.26 Å². The second-order valence-corrected chi connectivity index (χ2v) is 2.97. The van der Waals surface area contributed by atoms with Crippen LogP contribution in [-0.2, 0) is 4.79 Å². The molecule has 0 amide bonds. The molecule has 0 saturated heterocycles. The summed E-state index contributed by atoms with van der Waals surface area (Å²) in [6, 6.07) is 8.20. The fourth-order valence-electron chi connectivity index (χ4n) is 0.905. The molecule has 1 rings (SSSR count). The van der Waals surface area contributed by atoms with Crippen LogP contribution in [0.25, 0.3) is 6.08 Å². The first-order valence-corrected chi connectivity index (χ1v) is 4.12. The number of aliphatic carboxylic acids is 1. The van der Waals surface area contributed by atoms with E-state index < -0.39 is 5.97 Å². The number of hydrogen-bond donors (Lipinski definition) is 1. The minimum absolute atomic E-state index is 0.313. The van der Waals surface area contributed by atoms with E-state index in [2.05, 4.69) is 0 Å². The number of hydrogen-bond acceptors (Lipinski definition) is 2. The lowest BCUT2D eigenvalue weighted by Crippen LogP contribution is -1.97. The predicted octanol–water partition coefficient (Wildman–Crippen LogP) is 2.33. The van der Waals surface area contributed by atoms with Crippen LogP contribution in [0.15, 0.2) is 29.8 Å². The molecule has 0 bridgehead atoms. The van der Waals surface area contributed by atoms with E-state index in [0.717, 1.165) is 0 Å². The molecule has 0 unspecified atom stereocenters. The maximum Gasteiger partial charge on any atom is 0.346 e. The van der Waals surface area contributed by atoms with Gasteiger partial charge in [-0.1, -0.05) is 23.7 Å². The molecule has 0 aliphatic carbocycles. The van der Waals surface area contributed by atoms with Gasteiger partial charge in [0.05, 0.1) is 0 Å². The van der Waals surface area contributed by atoms with Crippen molar-refractivity contribution in [3.8, 4) is 6.07 Å². The Hall–Kier alpha value is -1.79. The SMILES string of the molecule is N#C/C(=C\c1cccc(Cl)c1)C(=O)O. The van der Waals surface area contributed by atoms with Crippen molar-refractivity contribution in [2.24, 2.45) is 0 Å². The second kappa shape index (κ2) is 4.45. The van der Waals surface area contributed by atoms with Crippen molar-refractivity contribution in [1.82, 2.24) is 0 Å². The van der Waals surface area contributed by atoms with Crippen molar-refractivity contribution in [2.45, 2.75) is 0 Å². The zero-order valence-corrected chi connectivity index (χ0v) is 7.82. The molecule has 0 aromatic heterocycles. The average Bonchev–Trinajstić information content (AvgIpc) is 2.14. The third kappa shape index (κ3) is 2.61. The van der Waals surface area contributed by atoms with Crippen LogP contribution in [0.2, 0.25) is 5.02 Å². The van der Waals surface area contributed by atoms with Gasteiger partial charge >= 0.3 is 5.97 Å². The minimum Gasteiger partial charge on any atom is -0.477 e. The van der Waals surface area contributed by atoms with Gasteiger partial charge in [0, 0.05) is 5.02 Å². The van der Waals surface area contributed by atoms with Crippen LogP contribution in [0.5, 0.6) is 0 Å². The number of carbonyl (C=O) groups is 1. The molecule has 1 aromatic rings. The Kier molecular flexibility index (Phi) is 3.27. The first kappa shape index (κ1) is 10.3. The monoisotopic (exact) mass is 207 g/mol. The lowest BCUT2D eigenvalue weighted by molar-refractivity contribution is -0.132. The molecule has 4 heteroatoms. The van der Waals surface area contributed by atoms with Crippen molar-refractivity contribution < 1.29 is 9.90 Å². The highest BCUT2D eigenvalue weighted by Crippen LogP contribution is 2.13. The highest BCUT2D eigenvalue weighted by Gasteiger charge is 2.05. The highest BCUT2D eigenvalue weighted by atomic mass is 35.5. The van der Waals surface area contributed by atoms with Crippen LogP contribution >= 0.6 is 11.6 Å². The minimum atomic E-state index is -1.24. The van der Waals surface area contributed by atoms with Gasteiger partial charge in [0.2, 0.25) is 0 Å². The molecule has 0 atom stereocenters. The Morgan fingerprint density at radius 1 is 1.57 bits per heavy atom. The topological polar surface area (TPSA) is 61.1 Å². The largest absolute Gasteiger partial charge is 0.477 e. The Labute approximate surface area is 85.9 Å². The van der Waals surface area contributed by atoms with Crippen LogP contribution in [-0.4, -0.2) is 11.1 Å². The van der Waals surface area contributed by atoms with Gasteiger partial charge in [-0.05, 0) is 23.8 Å². The van der Waals surface area contributed by atoms with Crippen molar-refractivity contribution in [2.75, 3.05) is 0 Å². The Balaban J connectivity index is 3.08. The van der Waals surface area contributed by atoms with E-state index in [1.807, 2.05) is 0 Å². The zero-order chi connectivity index (χ0) is 10.6. The molecule has 0 radical (unpaired) electrons. The molecular weight excluding hydrogens is 202 g/mol. The summed E-state index contributed by atoms with van der Waals surface area (Å²) in [5, 5.41) is 17.6. The standard InChI is InChI=1S/C10H6ClNO2/c11-9-3-1-2-7(5-9)4-8(6-12)10(13)14/h1-5H,(H,13,14)/b8-4+. The van der Waals surface area contributed by atoms with E-state index in [9.17, 15) is 4.79 Å². The van der Waals surface area contributed by atoms with Crippen molar-refractivity contribution in [1.29, 1.82) is 5.26 Å². The second-order valence-electron chi connectivity index (χ2n) is 2.53. The van der Waals surface area contributed by atoms with Gasteiger partial charge in [-0.15, -0.1) is 0 Å². The van der Waals surface area contributed by atoms with Crippen LogP contribution in [0.3, 0.4) is 0 Å². The van der Waals surface area contributed by atoms with Crippen LogP contribution in [0.1, 0.15) is 5.56 Å². The summed E-state index contributed by atoms with van der Waals surface area (Å²) in [6.45, 7) is 0. The smallest absolute Gasteiger partial charge is 0.346 e. The lowest BCUT2D eigenvalue weighted by atomic mass is 10.1. The quantitative estimate of drug-likeness (QED) is 0.598. The molecule has 0 aliphatic heterocycles. The number of halogens is 1. The molecule has 3 nitrogen and oxygen atoms in total. The Morgan fingerprint density at radius 2 is 2.29 bits per heavy atom. The van der Waals surface area contributed by atoms with Crippen LogP contribution in [0, 0.1) is 11.3 Å². The summed E-state index contributed by atoms with van der Waals surface area (Å²) in [7, 11) is 0. The van der Waals surface area contributed by atoms with Gasteiger partial charge in [0.15, 0.2) is 0 Å². The highest BCUT2D eigenvalue weighted by molar-refractivity contribution is 6.30. The molecule has 1 N–H and O–H groups in total. The lowest BCUT2D eigenvalue weighted by Gasteiger charge is -1.94. The summed E-state index contributed by atoms with van der Waals surface area (Å²) in [6.07, 6.45) is 1.27. The summed E-state index contributed by atoms with van der Waals surface area (Å²) in [5.41, 5.74) is 0.281. The summed E-state index contributed by atoms with van der Waals surface area (Å²) in [4.78, 5) is 10.5. The molecule has 0 spiro atoms. The summed E-state index contributed by atoms with van der Waals surface area (Å²) < 4.78 is 0. The zero-order valence-electron chi connectivity index (χ0n) is 7.07.